The Balaban J connectivity index is 2.74. The van der Waals surface area contributed by atoms with Gasteiger partial charge in [0.15, 0.2) is 5.69 Å². The molecule has 1 rings (SSSR count). The molecule has 0 saturated heterocycles. The lowest BCUT2D eigenvalue weighted by Gasteiger charge is -2.16. The van der Waals surface area contributed by atoms with Gasteiger partial charge in [0, 0.05) is 19.2 Å². The first kappa shape index (κ1) is 16.5. The van der Waals surface area contributed by atoms with Crippen molar-refractivity contribution < 1.29 is 18.3 Å². The van der Waals surface area contributed by atoms with Gasteiger partial charge in [-0.1, -0.05) is 13.3 Å². The van der Waals surface area contributed by atoms with Crippen molar-refractivity contribution in [3.63, 3.8) is 0 Å². The second-order valence-electron chi connectivity index (χ2n) is 4.54. The van der Waals surface area contributed by atoms with Gasteiger partial charge in [0.2, 0.25) is 5.95 Å². The summed E-state index contributed by atoms with van der Waals surface area (Å²) in [6.45, 7) is 2.49. The standard InChI is InChI=1S/C12H19F3N4O/c1-2-3-8(4-5-20)7-17-10-6-9(12(13,14)15)18-11(16)19-10/h6,8,20H,2-5,7H2,1H3,(H3,16,17,18,19). The van der Waals surface area contributed by atoms with Gasteiger partial charge in [0.25, 0.3) is 0 Å². The molecule has 0 fully saturated rings. The van der Waals surface area contributed by atoms with Crippen LogP contribution >= 0.6 is 0 Å². The highest BCUT2D eigenvalue weighted by atomic mass is 19.4. The lowest BCUT2D eigenvalue weighted by atomic mass is 10.0. The van der Waals surface area contributed by atoms with Gasteiger partial charge < -0.3 is 16.2 Å². The van der Waals surface area contributed by atoms with Crippen LogP contribution in [0, 0.1) is 5.92 Å². The van der Waals surface area contributed by atoms with E-state index in [2.05, 4.69) is 15.3 Å². The number of alkyl halides is 3. The molecule has 5 nitrogen and oxygen atoms in total. The quantitative estimate of drug-likeness (QED) is 0.718. The van der Waals surface area contributed by atoms with Gasteiger partial charge in [0.05, 0.1) is 0 Å². The predicted octanol–water partition coefficient (Wildman–Crippen LogP) is 2.29. The van der Waals surface area contributed by atoms with Crippen LogP contribution in [0.15, 0.2) is 6.07 Å². The number of nitrogens with two attached hydrogens (primary N) is 1. The van der Waals surface area contributed by atoms with Gasteiger partial charge in [-0.2, -0.15) is 18.2 Å². The Bertz CT molecular complexity index is 420. The largest absolute Gasteiger partial charge is 0.433 e. The van der Waals surface area contributed by atoms with Crippen molar-refractivity contribution >= 4 is 11.8 Å². The SMILES string of the molecule is CCCC(CCO)CNc1cc(C(F)(F)F)nc(N)n1. The first-order valence-electron chi connectivity index (χ1n) is 6.43. The second kappa shape index (κ2) is 7.28. The van der Waals surface area contributed by atoms with Crippen molar-refractivity contribution in [1.82, 2.24) is 9.97 Å². The van der Waals surface area contributed by atoms with Crippen LogP contribution in [0.3, 0.4) is 0 Å². The van der Waals surface area contributed by atoms with Crippen LogP contribution in [0.4, 0.5) is 24.9 Å². The summed E-state index contributed by atoms with van der Waals surface area (Å²) in [5.41, 5.74) is 4.21. The summed E-state index contributed by atoms with van der Waals surface area (Å²) in [5, 5.41) is 11.8. The molecule has 0 aliphatic rings. The summed E-state index contributed by atoms with van der Waals surface area (Å²) < 4.78 is 37.7. The van der Waals surface area contributed by atoms with Crippen molar-refractivity contribution in [2.45, 2.75) is 32.4 Å². The number of nitrogens with zero attached hydrogens (tertiary/aromatic N) is 2. The van der Waals surface area contributed by atoms with Crippen LogP contribution in [-0.2, 0) is 6.18 Å². The number of aliphatic hydroxyl groups excluding tert-OH is 1. The molecular weight excluding hydrogens is 273 g/mol. The Kier molecular flexibility index (Phi) is 6.00. The third-order valence-electron chi connectivity index (χ3n) is 2.84. The van der Waals surface area contributed by atoms with E-state index in [1.807, 2.05) is 6.92 Å². The molecule has 1 aromatic rings. The fourth-order valence-corrected chi connectivity index (χ4v) is 1.89. The smallest absolute Gasteiger partial charge is 0.396 e. The summed E-state index contributed by atoms with van der Waals surface area (Å²) in [4.78, 5) is 6.90. The lowest BCUT2D eigenvalue weighted by molar-refractivity contribution is -0.141. The Labute approximate surface area is 115 Å². The number of aliphatic hydroxyl groups is 1. The molecule has 1 heterocycles. The number of halogens is 3. The molecule has 8 heteroatoms. The molecule has 1 atom stereocenters. The molecule has 0 amide bonds. The van der Waals surface area contributed by atoms with Gasteiger partial charge in [-0.05, 0) is 18.8 Å². The number of nitrogens with one attached hydrogen (secondary N) is 1. The number of aromatic nitrogens is 2. The zero-order chi connectivity index (χ0) is 15.2. The first-order chi connectivity index (χ1) is 9.36. The zero-order valence-electron chi connectivity index (χ0n) is 11.2. The summed E-state index contributed by atoms with van der Waals surface area (Å²) in [6, 6.07) is 0.832. The van der Waals surface area contributed by atoms with E-state index in [1.54, 1.807) is 0 Å². The van der Waals surface area contributed by atoms with Crippen LogP contribution < -0.4 is 11.1 Å². The van der Waals surface area contributed by atoms with E-state index >= 15 is 0 Å². The van der Waals surface area contributed by atoms with Gasteiger partial charge in [-0.15, -0.1) is 0 Å². The molecule has 1 aromatic heterocycles. The third kappa shape index (κ3) is 5.20. The van der Waals surface area contributed by atoms with E-state index in [-0.39, 0.29) is 18.3 Å². The van der Waals surface area contributed by atoms with Gasteiger partial charge in [-0.3, -0.25) is 0 Å². The maximum atomic E-state index is 12.6. The lowest BCUT2D eigenvalue weighted by Crippen LogP contribution is -2.18. The minimum Gasteiger partial charge on any atom is -0.396 e. The number of hydrogen-bond donors (Lipinski definition) is 3. The molecule has 20 heavy (non-hydrogen) atoms. The topological polar surface area (TPSA) is 84.1 Å². The molecule has 114 valence electrons. The predicted molar refractivity (Wildman–Crippen MR) is 70.0 cm³/mol. The maximum Gasteiger partial charge on any atom is 0.433 e. The molecule has 0 radical (unpaired) electrons. The van der Waals surface area contributed by atoms with Crippen LogP contribution in [0.25, 0.3) is 0 Å². The van der Waals surface area contributed by atoms with Crippen molar-refractivity contribution in [3.05, 3.63) is 11.8 Å². The van der Waals surface area contributed by atoms with E-state index in [0.717, 1.165) is 18.9 Å². The zero-order valence-corrected chi connectivity index (χ0v) is 11.2. The average molecular weight is 292 g/mol. The second-order valence-corrected chi connectivity index (χ2v) is 4.54. The number of hydrogen-bond acceptors (Lipinski definition) is 5. The van der Waals surface area contributed by atoms with Crippen LogP contribution in [0.5, 0.6) is 0 Å². The molecule has 0 aliphatic carbocycles. The van der Waals surface area contributed by atoms with Crippen molar-refractivity contribution in [3.8, 4) is 0 Å². The first-order valence-corrected chi connectivity index (χ1v) is 6.43. The monoisotopic (exact) mass is 292 g/mol. The summed E-state index contributed by atoms with van der Waals surface area (Å²) in [7, 11) is 0. The average Bonchev–Trinajstić information content (AvgIpc) is 2.35. The molecule has 1 unspecified atom stereocenters. The maximum absolute atomic E-state index is 12.6. The Morgan fingerprint density at radius 2 is 2.05 bits per heavy atom. The molecule has 0 spiro atoms. The normalized spacial score (nSPS) is 13.2. The van der Waals surface area contributed by atoms with E-state index in [9.17, 15) is 13.2 Å². The molecular formula is C12H19F3N4O. The Morgan fingerprint density at radius 1 is 1.35 bits per heavy atom. The van der Waals surface area contributed by atoms with Gasteiger partial charge in [-0.25, -0.2) is 4.98 Å². The van der Waals surface area contributed by atoms with Crippen LogP contribution in [-0.4, -0.2) is 28.2 Å². The molecule has 0 bridgehead atoms. The molecule has 4 N–H and O–H groups in total. The summed E-state index contributed by atoms with van der Waals surface area (Å²) in [5.74, 6) is -0.198. The van der Waals surface area contributed by atoms with Crippen LogP contribution in [0.2, 0.25) is 0 Å². The van der Waals surface area contributed by atoms with Crippen molar-refractivity contribution in [2.75, 3.05) is 24.2 Å². The fourth-order valence-electron chi connectivity index (χ4n) is 1.89. The number of anilines is 2. The van der Waals surface area contributed by atoms with E-state index in [4.69, 9.17) is 10.8 Å². The highest BCUT2D eigenvalue weighted by Crippen LogP contribution is 2.29. The highest BCUT2D eigenvalue weighted by molar-refractivity contribution is 5.41. The number of nitrogen functional groups attached to an aromatic ring is 1. The van der Waals surface area contributed by atoms with Crippen molar-refractivity contribution in [1.29, 1.82) is 0 Å². The molecule has 0 aromatic carbocycles. The molecule has 0 saturated carbocycles. The van der Waals surface area contributed by atoms with E-state index in [0.29, 0.717) is 13.0 Å². The van der Waals surface area contributed by atoms with Gasteiger partial charge >= 0.3 is 6.18 Å². The van der Waals surface area contributed by atoms with E-state index < -0.39 is 17.8 Å². The third-order valence-corrected chi connectivity index (χ3v) is 2.84. The molecule has 0 aliphatic heterocycles. The summed E-state index contributed by atoms with van der Waals surface area (Å²) in [6.07, 6.45) is -2.15. The minimum absolute atomic E-state index is 0.0452. The fraction of sp³-hybridized carbons (Fsp3) is 0.667. The van der Waals surface area contributed by atoms with Crippen LogP contribution in [0.1, 0.15) is 31.9 Å². The summed E-state index contributed by atoms with van der Waals surface area (Å²) >= 11 is 0. The Morgan fingerprint density at radius 3 is 2.60 bits per heavy atom. The Hall–Kier alpha value is -1.57. The van der Waals surface area contributed by atoms with E-state index in [1.165, 1.54) is 0 Å². The minimum atomic E-state index is -4.55. The highest BCUT2D eigenvalue weighted by Gasteiger charge is 2.33. The number of rotatable bonds is 7. The van der Waals surface area contributed by atoms with Gasteiger partial charge in [0.1, 0.15) is 5.82 Å². The van der Waals surface area contributed by atoms with Crippen molar-refractivity contribution in [2.24, 2.45) is 5.92 Å².